The van der Waals surface area contributed by atoms with E-state index in [1.807, 2.05) is 85.0 Å². The molecular weight excluding hydrogens is 1700 g/mol. The number of nitrogens with one attached hydrogen (secondary N) is 3. The second-order valence-electron chi connectivity index (χ2n) is 27.8. The van der Waals surface area contributed by atoms with E-state index in [0.29, 0.717) is 65.6 Å². The number of carbonyl (C=O) groups is 2. The van der Waals surface area contributed by atoms with E-state index < -0.39 is 77.5 Å². The molecule has 2 unspecified atom stereocenters. The van der Waals surface area contributed by atoms with Crippen LogP contribution in [0.15, 0.2) is 181 Å². The Morgan fingerprint density at radius 2 is 0.862 bits per heavy atom. The van der Waals surface area contributed by atoms with E-state index in [2.05, 4.69) is 75.0 Å². The van der Waals surface area contributed by atoms with Gasteiger partial charge in [-0.05, 0) is 223 Å². The van der Waals surface area contributed by atoms with E-state index >= 15 is 16.8 Å². The van der Waals surface area contributed by atoms with Crippen molar-refractivity contribution < 1.29 is 68.0 Å². The number of aryl methyl sites for hydroxylation is 1. The van der Waals surface area contributed by atoms with Crippen LogP contribution in [0.3, 0.4) is 0 Å². The zero-order chi connectivity index (χ0) is 79.1. The van der Waals surface area contributed by atoms with Crippen molar-refractivity contribution in [3.63, 3.8) is 0 Å². The van der Waals surface area contributed by atoms with E-state index in [1.165, 1.54) is 20.2 Å². The summed E-state index contributed by atoms with van der Waals surface area (Å²) in [6.07, 6.45) is -0.928. The zero-order valence-corrected chi connectivity index (χ0v) is 70.6. The number of carbonyl (C=O) groups excluding carboxylic acids is 2. The monoisotopic (exact) mass is 1800 g/mol. The number of ether oxygens (including phenoxy) is 7. The number of methoxy groups -OCH3 is 5. The Hall–Kier alpha value is -8.08. The second-order valence-corrected chi connectivity index (χ2v) is 36.3. The quantitative estimate of drug-likeness (QED) is 0.0448. The summed E-state index contributed by atoms with van der Waals surface area (Å²) < 4.78 is 137. The van der Waals surface area contributed by atoms with Crippen molar-refractivity contribution in [1.82, 2.24) is 48.5 Å². The molecule has 3 N–H and O–H groups in total. The van der Waals surface area contributed by atoms with E-state index in [4.69, 9.17) is 33.2 Å². The number of rotatable bonds is 25. The molecule has 4 heterocycles. The molecular formula is C75H91I2N13O15S4. The van der Waals surface area contributed by atoms with Gasteiger partial charge in [0.05, 0.1) is 56.6 Å². The molecule has 6 atom stereocenters. The Morgan fingerprint density at radius 3 is 1.17 bits per heavy atom. The molecule has 7 aromatic carbocycles. The number of hydrogen-bond donors (Lipinski definition) is 3. The van der Waals surface area contributed by atoms with Crippen molar-refractivity contribution >= 4 is 105 Å². The first kappa shape index (κ1) is 84.9. The summed E-state index contributed by atoms with van der Waals surface area (Å²) in [5.74, 6) is 3.30. The van der Waals surface area contributed by atoms with Crippen molar-refractivity contribution in [3.05, 3.63) is 186 Å². The number of sulfonamides is 2. The molecule has 1 aromatic heterocycles. The molecule has 0 radical (unpaired) electrons. The highest BCUT2D eigenvalue weighted by molar-refractivity contribution is 14.1. The Balaban J connectivity index is 0.000000225. The van der Waals surface area contributed by atoms with E-state index in [-0.39, 0.29) is 88.6 Å². The molecule has 0 bridgehead atoms. The molecule has 8 aromatic rings. The third-order valence-corrected chi connectivity index (χ3v) is 25.7. The van der Waals surface area contributed by atoms with Crippen LogP contribution in [0.1, 0.15) is 88.8 Å². The largest absolute Gasteiger partial charge is 0.497 e. The maximum Gasteiger partial charge on any atom is 0.410 e. The van der Waals surface area contributed by atoms with Crippen LogP contribution in [0.25, 0.3) is 11.4 Å². The highest BCUT2D eigenvalue weighted by Gasteiger charge is 2.42. The third kappa shape index (κ3) is 22.6. The van der Waals surface area contributed by atoms with Crippen LogP contribution in [0.5, 0.6) is 28.7 Å². The average molecular weight is 1800 g/mol. The lowest BCUT2D eigenvalue weighted by Crippen LogP contribution is -2.40. The number of nitrogens with zero attached hydrogens (tertiary/aromatic N) is 10. The molecule has 11 rings (SSSR count). The molecule has 2 fully saturated rings. The fourth-order valence-corrected chi connectivity index (χ4v) is 20.3. The first-order valence-electron chi connectivity index (χ1n) is 34.5. The molecule has 3 aliphatic rings. The Kier molecular flexibility index (Phi) is 29.4. The summed E-state index contributed by atoms with van der Waals surface area (Å²) in [4.78, 5) is 28.5. The van der Waals surface area contributed by atoms with Crippen molar-refractivity contribution in [2.45, 2.75) is 131 Å². The van der Waals surface area contributed by atoms with Crippen molar-refractivity contribution in [3.8, 4) is 40.1 Å². The van der Waals surface area contributed by atoms with Gasteiger partial charge in [0, 0.05) is 77.1 Å². The summed E-state index contributed by atoms with van der Waals surface area (Å²) in [6.45, 7) is 18.0. The van der Waals surface area contributed by atoms with E-state index in [1.54, 1.807) is 178 Å². The van der Waals surface area contributed by atoms with Gasteiger partial charge in [-0.3, -0.25) is 0 Å². The molecule has 3 aliphatic heterocycles. The minimum atomic E-state index is -4.45. The third-order valence-electron chi connectivity index (χ3n) is 17.4. The number of aromatic amines is 1. The first-order chi connectivity index (χ1) is 51.7. The standard InChI is InChI=1S/C34H41IN6O7S2.C33H40IN7O7S2.C8H10O/c1-22-18-40(33(42)48-34(2,3)4)21-29(22)38-49(43)30-16-15-27(35)31(28-17-36-39-37-28)32(30)50(44,45)41(19-23-7-11-25(46-5)12-8-23)20-24-9-13-26(47-6)14-10-24;1-21-17-40(32(42)48-33(2,3)4)20-27(21)37-49(43)28-16-15-26(34)29(31-35-38-39-36-31)30(28)50(44,45)41(18-22-7-11-24(46-5)12-8-22)19-23-9-13-25(47-6)14-10-23;1-7-3-5-8(9-2)6-4-7/h7-16,22,29,38H,17-21H2,1-6H3;7-16,21,27,37H,17-20H2,1-6H3,(H,35,36,38,39);3-6H,1-2H3/t22-,29-,49?;21-,27-,49?;/m11./s1. The highest BCUT2D eigenvalue weighted by Crippen LogP contribution is 2.39. The molecule has 34 heteroatoms. The van der Waals surface area contributed by atoms with Gasteiger partial charge in [-0.2, -0.15) is 18.9 Å². The van der Waals surface area contributed by atoms with Gasteiger partial charge < -0.3 is 43.0 Å². The second kappa shape index (κ2) is 37.8. The van der Waals surface area contributed by atoms with Gasteiger partial charge in [-0.1, -0.05) is 80.1 Å². The number of halogens is 2. The lowest BCUT2D eigenvalue weighted by Gasteiger charge is -2.26. The lowest BCUT2D eigenvalue weighted by atomic mass is 10.1. The minimum absolute atomic E-state index is 0.00844. The minimum Gasteiger partial charge on any atom is -0.497 e. The maximum atomic E-state index is 15.1. The average Bonchev–Trinajstić information content (AvgIpc) is 1.68. The number of hydrogen-bond acceptors (Lipinski definition) is 21. The van der Waals surface area contributed by atoms with Gasteiger partial charge in [-0.25, -0.2) is 44.3 Å². The van der Waals surface area contributed by atoms with Crippen LogP contribution in [0.4, 0.5) is 9.59 Å². The van der Waals surface area contributed by atoms with Crippen molar-refractivity contribution in [2.24, 2.45) is 27.3 Å². The lowest BCUT2D eigenvalue weighted by molar-refractivity contribution is 0.0277. The molecule has 0 spiro atoms. The van der Waals surface area contributed by atoms with Crippen LogP contribution < -0.4 is 33.1 Å². The van der Waals surface area contributed by atoms with Gasteiger partial charge in [0.25, 0.3) is 0 Å². The number of tetrazole rings is 1. The fraction of sp³-hybridized carbons (Fsp3) is 0.387. The Morgan fingerprint density at radius 1 is 0.523 bits per heavy atom. The number of aromatic nitrogens is 4. The summed E-state index contributed by atoms with van der Waals surface area (Å²) in [7, 11) is -5.01. The fourth-order valence-electron chi connectivity index (χ4n) is 11.7. The Bertz CT molecular complexity index is 4690. The van der Waals surface area contributed by atoms with Crippen molar-refractivity contribution in [1.29, 1.82) is 0 Å². The van der Waals surface area contributed by atoms with Gasteiger partial charge in [0.15, 0.2) is 0 Å². The number of amides is 2. The number of H-pyrrole nitrogens is 1. The summed E-state index contributed by atoms with van der Waals surface area (Å²) >= 11 is 4.08. The first-order valence-corrected chi connectivity index (χ1v) is 41.8. The SMILES string of the molecule is COc1ccc(C)cc1.COc1ccc(CN(Cc2ccc(OC)cc2)S(=O)(=O)c2c(S(=O)N[C@@H]3CN(C(=O)OC(C)(C)C)C[C@H]3C)ccc(I)c2-c2nn[nH]n2)cc1.COc1ccc(CN(Cc2ccc(OC)cc2)S(=O)(=O)c2c(S(=O)N[C@@H]3CN(C(=O)OC(C)(C)C)C[C@H]3C)ccc(I)c2C2=NN=NC2)cc1. The van der Waals surface area contributed by atoms with Crippen LogP contribution >= 0.6 is 45.2 Å². The van der Waals surface area contributed by atoms with Gasteiger partial charge >= 0.3 is 12.2 Å². The number of likely N-dealkylation sites (tertiary alicyclic amines) is 2. The van der Waals surface area contributed by atoms with Crippen LogP contribution in [-0.4, -0.2) is 174 Å². The van der Waals surface area contributed by atoms with Gasteiger partial charge in [0.2, 0.25) is 25.9 Å². The molecule has 2 amide bonds. The van der Waals surface area contributed by atoms with Crippen molar-refractivity contribution in [2.75, 3.05) is 68.3 Å². The molecule has 2 saturated heterocycles. The maximum absolute atomic E-state index is 15.1. The van der Waals surface area contributed by atoms with Crippen LogP contribution in [0.2, 0.25) is 0 Å². The highest BCUT2D eigenvalue weighted by atomic mass is 127. The summed E-state index contributed by atoms with van der Waals surface area (Å²) in [5, 5.41) is 26.2. The molecule has 0 saturated carbocycles. The molecule has 109 heavy (non-hydrogen) atoms. The summed E-state index contributed by atoms with van der Waals surface area (Å²) in [5.41, 5.74) is 3.59. The molecule has 584 valence electrons. The summed E-state index contributed by atoms with van der Waals surface area (Å²) in [6, 6.07) is 42.2. The zero-order valence-electron chi connectivity index (χ0n) is 63.0. The van der Waals surface area contributed by atoms with Crippen LogP contribution in [-0.2, 0) is 77.7 Å². The predicted octanol–water partition coefficient (Wildman–Crippen LogP) is 12.5. The smallest absolute Gasteiger partial charge is 0.410 e. The Labute approximate surface area is 669 Å². The van der Waals surface area contributed by atoms with Gasteiger partial charge in [0.1, 0.15) is 78.3 Å². The molecule has 0 aliphatic carbocycles. The number of benzene rings is 7. The van der Waals surface area contributed by atoms with Gasteiger partial charge in [-0.15, -0.1) is 15.3 Å². The molecule has 28 nitrogen and oxygen atoms in total. The normalized spacial score (nSPS) is 17.0. The predicted molar refractivity (Wildman–Crippen MR) is 431 cm³/mol. The van der Waals surface area contributed by atoms with E-state index in [9.17, 15) is 18.0 Å². The van der Waals surface area contributed by atoms with Crippen LogP contribution in [0, 0.1) is 25.9 Å². The van der Waals surface area contributed by atoms with E-state index in [0.717, 1.165) is 16.9 Å². The topological polar surface area (TPSA) is 330 Å².